The number of nitrogens with one attached hydrogen (secondary N) is 1. The molecule has 3 heterocycles. The summed E-state index contributed by atoms with van der Waals surface area (Å²) in [7, 11) is 0. The van der Waals surface area contributed by atoms with E-state index >= 15 is 0 Å². The Morgan fingerprint density at radius 1 is 1.60 bits per heavy atom. The van der Waals surface area contributed by atoms with Crippen molar-refractivity contribution in [2.24, 2.45) is 5.92 Å². The zero-order valence-corrected chi connectivity index (χ0v) is 8.91. The Bertz CT molecular complexity index is 342. The van der Waals surface area contributed by atoms with Gasteiger partial charge < -0.3 is 14.6 Å². The van der Waals surface area contributed by atoms with Gasteiger partial charge >= 0.3 is 0 Å². The van der Waals surface area contributed by atoms with Crippen molar-refractivity contribution in [2.45, 2.75) is 25.9 Å². The molecule has 15 heavy (non-hydrogen) atoms. The summed E-state index contributed by atoms with van der Waals surface area (Å²) < 4.78 is 7.73. The van der Waals surface area contributed by atoms with Crippen molar-refractivity contribution in [1.29, 1.82) is 0 Å². The molecule has 1 aromatic rings. The van der Waals surface area contributed by atoms with Crippen LogP contribution in [0.3, 0.4) is 0 Å². The highest BCUT2D eigenvalue weighted by molar-refractivity contribution is 5.16. The number of aromatic nitrogens is 2. The lowest BCUT2D eigenvalue weighted by Gasteiger charge is -2.16. The number of ether oxygens (including phenoxy) is 1. The fourth-order valence-electron chi connectivity index (χ4n) is 2.46. The lowest BCUT2D eigenvalue weighted by molar-refractivity contribution is 0.182. The summed E-state index contributed by atoms with van der Waals surface area (Å²) in [5.74, 6) is 0.693. The quantitative estimate of drug-likeness (QED) is 0.770. The highest BCUT2D eigenvalue weighted by atomic mass is 16.5. The Morgan fingerprint density at radius 2 is 2.60 bits per heavy atom. The summed E-state index contributed by atoms with van der Waals surface area (Å²) in [5, 5.41) is 3.35. The number of fused-ring (bicyclic) bond motifs is 1. The topological polar surface area (TPSA) is 39.1 Å². The van der Waals surface area contributed by atoms with E-state index in [4.69, 9.17) is 4.74 Å². The normalized spacial score (nSPS) is 25.5. The van der Waals surface area contributed by atoms with E-state index < -0.39 is 0 Å². The highest BCUT2D eigenvalue weighted by Crippen LogP contribution is 2.18. The summed E-state index contributed by atoms with van der Waals surface area (Å²) in [4.78, 5) is 4.46. The van der Waals surface area contributed by atoms with Crippen molar-refractivity contribution < 1.29 is 4.74 Å². The Balaban J connectivity index is 1.76. The molecule has 0 aliphatic carbocycles. The molecule has 0 radical (unpaired) electrons. The second-order valence-electron chi connectivity index (χ2n) is 4.45. The first-order valence-electron chi connectivity index (χ1n) is 5.75. The van der Waals surface area contributed by atoms with Crippen LogP contribution in [0.1, 0.15) is 17.8 Å². The van der Waals surface area contributed by atoms with Crippen LogP contribution in [0.2, 0.25) is 0 Å². The van der Waals surface area contributed by atoms with Gasteiger partial charge in [-0.25, -0.2) is 4.98 Å². The minimum absolute atomic E-state index is 0.693. The van der Waals surface area contributed by atoms with Crippen molar-refractivity contribution >= 4 is 0 Å². The van der Waals surface area contributed by atoms with Gasteiger partial charge in [0.1, 0.15) is 0 Å². The number of nitrogens with zero attached hydrogens (tertiary/aromatic N) is 2. The lowest BCUT2D eigenvalue weighted by atomic mass is 10.1. The molecule has 0 saturated carbocycles. The molecule has 4 nitrogen and oxygen atoms in total. The van der Waals surface area contributed by atoms with Gasteiger partial charge in [-0.1, -0.05) is 0 Å². The Kier molecular flexibility index (Phi) is 2.46. The molecule has 1 atom stereocenters. The van der Waals surface area contributed by atoms with Crippen LogP contribution >= 0.6 is 0 Å². The van der Waals surface area contributed by atoms with Crippen molar-refractivity contribution in [3.63, 3.8) is 0 Å². The van der Waals surface area contributed by atoms with Crippen molar-refractivity contribution in [2.75, 3.05) is 19.8 Å². The van der Waals surface area contributed by atoms with Crippen LogP contribution in [0.25, 0.3) is 0 Å². The first kappa shape index (κ1) is 9.36. The van der Waals surface area contributed by atoms with Gasteiger partial charge in [-0.15, -0.1) is 0 Å². The van der Waals surface area contributed by atoms with Crippen LogP contribution in [0.15, 0.2) is 6.33 Å². The molecule has 82 valence electrons. The highest BCUT2D eigenvalue weighted by Gasteiger charge is 2.20. The SMILES string of the molecule is c1nc2c(n1CC1CCOC1)CCNC2. The summed E-state index contributed by atoms with van der Waals surface area (Å²) in [5.41, 5.74) is 2.67. The average molecular weight is 207 g/mol. The van der Waals surface area contributed by atoms with Crippen LogP contribution in [0.5, 0.6) is 0 Å². The van der Waals surface area contributed by atoms with Crippen LogP contribution in [-0.4, -0.2) is 29.3 Å². The van der Waals surface area contributed by atoms with Crippen LogP contribution in [0, 0.1) is 5.92 Å². The number of imidazole rings is 1. The molecule has 2 aliphatic heterocycles. The van der Waals surface area contributed by atoms with Crippen molar-refractivity contribution in [3.8, 4) is 0 Å². The van der Waals surface area contributed by atoms with E-state index in [2.05, 4.69) is 14.9 Å². The average Bonchev–Trinajstić information content (AvgIpc) is 2.89. The van der Waals surface area contributed by atoms with Crippen LogP contribution < -0.4 is 5.32 Å². The smallest absolute Gasteiger partial charge is 0.0952 e. The van der Waals surface area contributed by atoms with E-state index in [1.54, 1.807) is 0 Å². The molecule has 1 aromatic heterocycles. The third kappa shape index (κ3) is 1.79. The fraction of sp³-hybridized carbons (Fsp3) is 0.727. The van der Waals surface area contributed by atoms with Gasteiger partial charge in [0, 0.05) is 44.3 Å². The van der Waals surface area contributed by atoms with Gasteiger partial charge in [-0.05, 0) is 6.42 Å². The molecule has 1 saturated heterocycles. The third-order valence-electron chi connectivity index (χ3n) is 3.34. The van der Waals surface area contributed by atoms with Crippen LogP contribution in [0.4, 0.5) is 0 Å². The van der Waals surface area contributed by atoms with E-state index in [1.807, 2.05) is 6.33 Å². The molecule has 1 fully saturated rings. The predicted octanol–water partition coefficient (Wildman–Crippen LogP) is 0.565. The second kappa shape index (κ2) is 3.94. The minimum Gasteiger partial charge on any atom is -0.381 e. The van der Waals surface area contributed by atoms with Crippen LogP contribution in [-0.2, 0) is 24.2 Å². The molecule has 0 aromatic carbocycles. The first-order chi connectivity index (χ1) is 7.43. The maximum atomic E-state index is 5.40. The zero-order chi connectivity index (χ0) is 10.1. The predicted molar refractivity (Wildman–Crippen MR) is 56.6 cm³/mol. The maximum absolute atomic E-state index is 5.40. The lowest BCUT2D eigenvalue weighted by Crippen LogP contribution is -2.25. The number of hydrogen-bond donors (Lipinski definition) is 1. The molecule has 0 bridgehead atoms. The van der Waals surface area contributed by atoms with E-state index in [1.165, 1.54) is 17.8 Å². The van der Waals surface area contributed by atoms with Gasteiger partial charge in [0.15, 0.2) is 0 Å². The van der Waals surface area contributed by atoms with Gasteiger partial charge in [0.05, 0.1) is 18.6 Å². The van der Waals surface area contributed by atoms with E-state index in [0.29, 0.717) is 5.92 Å². The van der Waals surface area contributed by atoms with E-state index in [0.717, 1.165) is 39.3 Å². The monoisotopic (exact) mass is 207 g/mol. The molecule has 1 unspecified atom stereocenters. The molecule has 0 spiro atoms. The summed E-state index contributed by atoms with van der Waals surface area (Å²) in [6, 6.07) is 0. The summed E-state index contributed by atoms with van der Waals surface area (Å²) >= 11 is 0. The standard InChI is InChI=1S/C11H17N3O/c1-3-12-5-10-11(1)14(8-13-10)6-9-2-4-15-7-9/h8-9,12H,1-7H2. The van der Waals surface area contributed by atoms with Gasteiger partial charge in [0.2, 0.25) is 0 Å². The molecular formula is C11H17N3O. The van der Waals surface area contributed by atoms with E-state index in [9.17, 15) is 0 Å². The second-order valence-corrected chi connectivity index (χ2v) is 4.45. The summed E-state index contributed by atoms with van der Waals surface area (Å²) in [6.07, 6.45) is 4.31. The molecule has 0 amide bonds. The van der Waals surface area contributed by atoms with Gasteiger partial charge in [-0.2, -0.15) is 0 Å². The number of rotatable bonds is 2. The Hall–Kier alpha value is -0.870. The van der Waals surface area contributed by atoms with Gasteiger partial charge in [0.25, 0.3) is 0 Å². The van der Waals surface area contributed by atoms with Gasteiger partial charge in [-0.3, -0.25) is 0 Å². The van der Waals surface area contributed by atoms with Crippen molar-refractivity contribution in [3.05, 3.63) is 17.7 Å². The minimum atomic E-state index is 0.693. The fourth-order valence-corrected chi connectivity index (χ4v) is 2.46. The molecular weight excluding hydrogens is 190 g/mol. The molecule has 2 aliphatic rings. The number of hydrogen-bond acceptors (Lipinski definition) is 3. The molecule has 4 heteroatoms. The Morgan fingerprint density at radius 3 is 3.47 bits per heavy atom. The maximum Gasteiger partial charge on any atom is 0.0952 e. The molecule has 1 N–H and O–H groups in total. The third-order valence-corrected chi connectivity index (χ3v) is 3.34. The van der Waals surface area contributed by atoms with E-state index in [-0.39, 0.29) is 0 Å². The first-order valence-corrected chi connectivity index (χ1v) is 5.75. The zero-order valence-electron chi connectivity index (χ0n) is 8.91. The Labute approximate surface area is 89.6 Å². The van der Waals surface area contributed by atoms with Crippen molar-refractivity contribution in [1.82, 2.24) is 14.9 Å². The molecule has 3 rings (SSSR count). The largest absolute Gasteiger partial charge is 0.381 e. The summed E-state index contributed by atoms with van der Waals surface area (Å²) in [6.45, 7) is 4.96.